The summed E-state index contributed by atoms with van der Waals surface area (Å²) in [5.41, 5.74) is 0.717. The predicted molar refractivity (Wildman–Crippen MR) is 102 cm³/mol. The van der Waals surface area contributed by atoms with Crippen molar-refractivity contribution >= 4 is 32.8 Å². The third kappa shape index (κ3) is 3.54. The number of nitrogens with zero attached hydrogens (tertiary/aromatic N) is 3. The summed E-state index contributed by atoms with van der Waals surface area (Å²) in [7, 11) is -2.00. The zero-order valence-corrected chi connectivity index (χ0v) is 16.4. The number of hydrogen-bond donors (Lipinski definition) is 0. The summed E-state index contributed by atoms with van der Waals surface area (Å²) in [5, 5.41) is 7.84. The van der Waals surface area contributed by atoms with Crippen molar-refractivity contribution in [1.29, 1.82) is 0 Å². The van der Waals surface area contributed by atoms with Crippen LogP contribution in [0.25, 0.3) is 11.0 Å². The maximum absolute atomic E-state index is 13.0. The molecule has 4 rings (SSSR count). The van der Waals surface area contributed by atoms with E-state index in [9.17, 15) is 8.42 Å². The van der Waals surface area contributed by atoms with Gasteiger partial charge in [-0.05, 0) is 53.5 Å². The van der Waals surface area contributed by atoms with E-state index >= 15 is 0 Å². The summed E-state index contributed by atoms with van der Waals surface area (Å²) < 4.78 is 37.8. The Morgan fingerprint density at radius 2 is 1.85 bits per heavy atom. The Labute approximate surface area is 161 Å². The van der Waals surface area contributed by atoms with Gasteiger partial charge in [0, 0.05) is 22.9 Å². The van der Waals surface area contributed by atoms with Gasteiger partial charge in [0.25, 0.3) is 0 Å². The second-order valence-electron chi connectivity index (χ2n) is 6.27. The molecule has 2 aromatic carbocycles. The van der Waals surface area contributed by atoms with Crippen LogP contribution in [-0.4, -0.2) is 43.2 Å². The van der Waals surface area contributed by atoms with E-state index in [0.717, 1.165) is 34.8 Å². The molecule has 0 bridgehead atoms. The first-order chi connectivity index (χ1) is 13.1. The molecule has 1 aliphatic heterocycles. The normalized spacial score (nSPS) is 15.9. The number of rotatable bonds is 5. The lowest BCUT2D eigenvalue weighted by atomic mass is 10.2. The van der Waals surface area contributed by atoms with Crippen molar-refractivity contribution in [3.8, 4) is 5.75 Å². The molecule has 7 nitrogen and oxygen atoms in total. The minimum Gasteiger partial charge on any atom is -0.497 e. The van der Waals surface area contributed by atoms with Gasteiger partial charge in [0.1, 0.15) is 10.6 Å². The molecular weight excluding hydrogens is 386 g/mol. The average molecular weight is 406 g/mol. The van der Waals surface area contributed by atoms with E-state index in [1.54, 1.807) is 19.2 Å². The SMILES string of the molecule is COc1cccc(Sc2ccc(S(=O)(=O)N3CCCCC3)c3nonc23)c1. The van der Waals surface area contributed by atoms with Gasteiger partial charge in [-0.15, -0.1) is 0 Å². The molecule has 0 spiro atoms. The van der Waals surface area contributed by atoms with Gasteiger partial charge in [-0.25, -0.2) is 13.0 Å². The first kappa shape index (κ1) is 18.3. The minimum atomic E-state index is -3.62. The first-order valence-electron chi connectivity index (χ1n) is 8.67. The minimum absolute atomic E-state index is 0.149. The van der Waals surface area contributed by atoms with Crippen molar-refractivity contribution in [2.75, 3.05) is 20.2 Å². The lowest BCUT2D eigenvalue weighted by Crippen LogP contribution is -2.35. The topological polar surface area (TPSA) is 85.5 Å². The molecule has 1 saturated heterocycles. The van der Waals surface area contributed by atoms with Gasteiger partial charge in [0.2, 0.25) is 10.0 Å². The standard InChI is InChI=1S/C18H19N3O4S2/c1-24-13-6-5-7-14(12-13)26-15-8-9-16(18-17(15)19-25-20-18)27(22,23)21-10-3-2-4-11-21/h5-9,12H,2-4,10-11H2,1H3. The molecule has 2 heterocycles. The molecule has 1 fully saturated rings. The molecule has 0 radical (unpaired) electrons. The van der Waals surface area contributed by atoms with Crippen LogP contribution in [0.15, 0.2) is 55.7 Å². The fraction of sp³-hybridized carbons (Fsp3) is 0.333. The number of sulfonamides is 1. The highest BCUT2D eigenvalue weighted by Crippen LogP contribution is 2.36. The van der Waals surface area contributed by atoms with Crippen molar-refractivity contribution in [3.05, 3.63) is 36.4 Å². The summed E-state index contributed by atoms with van der Waals surface area (Å²) in [6, 6.07) is 11.0. The van der Waals surface area contributed by atoms with E-state index in [1.165, 1.54) is 16.1 Å². The predicted octanol–water partition coefficient (Wildman–Crippen LogP) is 3.56. The summed E-state index contributed by atoms with van der Waals surface area (Å²) >= 11 is 1.46. The molecule has 1 aliphatic rings. The van der Waals surface area contributed by atoms with E-state index in [1.807, 2.05) is 24.3 Å². The van der Waals surface area contributed by atoms with Gasteiger partial charge in [-0.2, -0.15) is 4.31 Å². The number of piperidine rings is 1. The zero-order valence-electron chi connectivity index (χ0n) is 14.8. The summed E-state index contributed by atoms with van der Waals surface area (Å²) in [6.07, 6.45) is 2.81. The van der Waals surface area contributed by atoms with Crippen LogP contribution in [0, 0.1) is 0 Å². The van der Waals surface area contributed by atoms with Crippen molar-refractivity contribution in [3.63, 3.8) is 0 Å². The fourth-order valence-electron chi connectivity index (χ4n) is 3.15. The largest absolute Gasteiger partial charge is 0.497 e. The smallest absolute Gasteiger partial charge is 0.245 e. The Morgan fingerprint density at radius 1 is 1.07 bits per heavy atom. The molecule has 1 aromatic heterocycles. The monoisotopic (exact) mass is 405 g/mol. The molecule has 0 atom stereocenters. The van der Waals surface area contributed by atoms with Crippen LogP contribution in [0.5, 0.6) is 5.75 Å². The van der Waals surface area contributed by atoms with Crippen LogP contribution >= 0.6 is 11.8 Å². The van der Waals surface area contributed by atoms with Crippen molar-refractivity contribution in [1.82, 2.24) is 14.6 Å². The lowest BCUT2D eigenvalue weighted by molar-refractivity contribution is 0.314. The molecule has 0 aliphatic carbocycles. The van der Waals surface area contributed by atoms with Crippen LogP contribution in [-0.2, 0) is 10.0 Å². The Bertz CT molecular complexity index is 1060. The second kappa shape index (κ2) is 7.49. The summed E-state index contributed by atoms with van der Waals surface area (Å²) in [5.74, 6) is 0.749. The number of hydrogen-bond acceptors (Lipinski definition) is 7. The molecule has 27 heavy (non-hydrogen) atoms. The van der Waals surface area contributed by atoms with Gasteiger partial charge in [-0.1, -0.05) is 24.2 Å². The Balaban J connectivity index is 1.72. The maximum atomic E-state index is 13.0. The molecule has 0 N–H and O–H groups in total. The third-order valence-corrected chi connectivity index (χ3v) is 7.51. The highest BCUT2D eigenvalue weighted by atomic mass is 32.2. The van der Waals surface area contributed by atoms with Crippen LogP contribution < -0.4 is 4.74 Å². The van der Waals surface area contributed by atoms with E-state index in [2.05, 4.69) is 10.3 Å². The highest BCUT2D eigenvalue weighted by Gasteiger charge is 2.30. The Kier molecular flexibility index (Phi) is 5.07. The highest BCUT2D eigenvalue weighted by molar-refractivity contribution is 7.99. The Morgan fingerprint density at radius 3 is 2.63 bits per heavy atom. The lowest BCUT2D eigenvalue weighted by Gasteiger charge is -2.25. The van der Waals surface area contributed by atoms with Crippen molar-refractivity contribution in [2.24, 2.45) is 0 Å². The molecule has 142 valence electrons. The van der Waals surface area contributed by atoms with Gasteiger partial charge in [-0.3, -0.25) is 0 Å². The fourth-order valence-corrected chi connectivity index (χ4v) is 5.73. The molecule has 0 amide bonds. The number of methoxy groups -OCH3 is 1. The van der Waals surface area contributed by atoms with E-state index in [4.69, 9.17) is 9.37 Å². The molecule has 3 aromatic rings. The van der Waals surface area contributed by atoms with Crippen molar-refractivity contribution < 1.29 is 17.8 Å². The summed E-state index contributed by atoms with van der Waals surface area (Å²) in [6.45, 7) is 1.07. The van der Waals surface area contributed by atoms with E-state index in [0.29, 0.717) is 18.6 Å². The van der Waals surface area contributed by atoms with Crippen molar-refractivity contribution in [2.45, 2.75) is 33.9 Å². The zero-order chi connectivity index (χ0) is 18.9. The summed E-state index contributed by atoms with van der Waals surface area (Å²) in [4.78, 5) is 1.87. The number of ether oxygens (including phenoxy) is 1. The first-order valence-corrected chi connectivity index (χ1v) is 10.9. The van der Waals surface area contributed by atoms with Crippen LogP contribution in [0.4, 0.5) is 0 Å². The quantitative estimate of drug-likeness (QED) is 0.641. The number of benzene rings is 2. The van der Waals surface area contributed by atoms with Gasteiger partial charge in [0.15, 0.2) is 11.0 Å². The third-order valence-electron chi connectivity index (χ3n) is 4.54. The van der Waals surface area contributed by atoms with E-state index < -0.39 is 10.0 Å². The van der Waals surface area contributed by atoms with Gasteiger partial charge >= 0.3 is 0 Å². The number of fused-ring (bicyclic) bond motifs is 1. The van der Waals surface area contributed by atoms with Gasteiger partial charge < -0.3 is 4.74 Å². The molecule has 0 unspecified atom stereocenters. The van der Waals surface area contributed by atoms with E-state index in [-0.39, 0.29) is 10.4 Å². The second-order valence-corrected chi connectivity index (χ2v) is 9.29. The number of aromatic nitrogens is 2. The van der Waals surface area contributed by atoms with Crippen LogP contribution in [0.1, 0.15) is 19.3 Å². The van der Waals surface area contributed by atoms with Crippen LogP contribution in [0.2, 0.25) is 0 Å². The average Bonchev–Trinajstić information content (AvgIpc) is 3.19. The molecular formula is C18H19N3O4S2. The Hall–Kier alpha value is -2.10. The maximum Gasteiger partial charge on any atom is 0.245 e. The molecule has 9 heteroatoms. The van der Waals surface area contributed by atoms with Gasteiger partial charge in [0.05, 0.1) is 7.11 Å². The van der Waals surface area contributed by atoms with Crippen LogP contribution in [0.3, 0.4) is 0 Å². The molecule has 0 saturated carbocycles.